The van der Waals surface area contributed by atoms with Crippen LogP contribution >= 0.6 is 23.2 Å². The number of nitrogens with one attached hydrogen (secondary N) is 1. The number of ether oxygens (including phenoxy) is 2. The number of amides is 1. The van der Waals surface area contributed by atoms with Crippen LogP contribution in [0.4, 0.5) is 6.01 Å². The van der Waals surface area contributed by atoms with E-state index in [9.17, 15) is 4.79 Å². The minimum atomic E-state index is -0.492. The first kappa shape index (κ1) is 18.0. The van der Waals surface area contributed by atoms with Crippen LogP contribution in [0.1, 0.15) is 10.4 Å². The summed E-state index contributed by atoms with van der Waals surface area (Å²) >= 11 is 12.1. The van der Waals surface area contributed by atoms with Crippen molar-refractivity contribution in [1.29, 1.82) is 0 Å². The molecule has 9 heteroatoms. The fraction of sp³-hybridized carbons (Fsp3) is 0.118. The van der Waals surface area contributed by atoms with E-state index in [0.29, 0.717) is 27.1 Å². The molecular weight excluding hydrogens is 381 g/mol. The van der Waals surface area contributed by atoms with Crippen molar-refractivity contribution in [2.24, 2.45) is 0 Å². The molecule has 0 aliphatic heterocycles. The number of halogens is 2. The maximum Gasteiger partial charge on any atom is 0.322 e. The SMILES string of the molecule is COc1cccc(C(=O)Nc2nnc(-c3cc(Cl)ccc3Cl)o2)c1OC. The Morgan fingerprint density at radius 3 is 2.65 bits per heavy atom. The van der Waals surface area contributed by atoms with Gasteiger partial charge in [0.1, 0.15) is 0 Å². The second-order valence-corrected chi connectivity index (χ2v) is 5.88. The monoisotopic (exact) mass is 393 g/mol. The first-order chi connectivity index (χ1) is 12.5. The number of para-hydroxylation sites is 1. The summed E-state index contributed by atoms with van der Waals surface area (Å²) in [6.07, 6.45) is 0. The van der Waals surface area contributed by atoms with Gasteiger partial charge in [0, 0.05) is 5.02 Å². The fourth-order valence-corrected chi connectivity index (χ4v) is 2.64. The van der Waals surface area contributed by atoms with Gasteiger partial charge >= 0.3 is 6.01 Å². The van der Waals surface area contributed by atoms with Crippen LogP contribution in [0, 0.1) is 0 Å². The third-order valence-corrected chi connectivity index (χ3v) is 4.02. The van der Waals surface area contributed by atoms with Crippen molar-refractivity contribution in [1.82, 2.24) is 10.2 Å². The van der Waals surface area contributed by atoms with E-state index in [-0.39, 0.29) is 17.5 Å². The van der Waals surface area contributed by atoms with Gasteiger partial charge in [-0.15, -0.1) is 5.10 Å². The van der Waals surface area contributed by atoms with Crippen LogP contribution in [0.3, 0.4) is 0 Å². The summed E-state index contributed by atoms with van der Waals surface area (Å²) in [6, 6.07) is 9.69. The lowest BCUT2D eigenvalue weighted by molar-refractivity contribution is 0.102. The predicted octanol–water partition coefficient (Wildman–Crippen LogP) is 4.31. The van der Waals surface area contributed by atoms with E-state index in [1.807, 2.05) is 0 Å². The lowest BCUT2D eigenvalue weighted by Crippen LogP contribution is -2.13. The summed E-state index contributed by atoms with van der Waals surface area (Å²) in [7, 11) is 2.93. The topological polar surface area (TPSA) is 86.5 Å². The molecule has 134 valence electrons. The number of benzene rings is 2. The van der Waals surface area contributed by atoms with Crippen LogP contribution in [0.15, 0.2) is 40.8 Å². The number of anilines is 1. The molecule has 0 spiro atoms. The number of rotatable bonds is 5. The van der Waals surface area contributed by atoms with Crippen molar-refractivity contribution in [2.45, 2.75) is 0 Å². The molecule has 0 saturated carbocycles. The molecule has 1 heterocycles. The second kappa shape index (κ2) is 7.63. The molecule has 0 radical (unpaired) electrons. The molecule has 26 heavy (non-hydrogen) atoms. The van der Waals surface area contributed by atoms with E-state index in [1.54, 1.807) is 36.4 Å². The Bertz CT molecular complexity index is 959. The molecule has 3 rings (SSSR count). The summed E-state index contributed by atoms with van der Waals surface area (Å²) in [5, 5.41) is 11.1. The van der Waals surface area contributed by atoms with Crippen molar-refractivity contribution in [3.63, 3.8) is 0 Å². The molecule has 2 aromatic carbocycles. The van der Waals surface area contributed by atoms with Gasteiger partial charge in [-0.05, 0) is 30.3 Å². The minimum absolute atomic E-state index is 0.0917. The Morgan fingerprint density at radius 1 is 1.12 bits per heavy atom. The number of hydrogen-bond donors (Lipinski definition) is 1. The van der Waals surface area contributed by atoms with Gasteiger partial charge in [-0.3, -0.25) is 10.1 Å². The highest BCUT2D eigenvalue weighted by molar-refractivity contribution is 6.35. The summed E-state index contributed by atoms with van der Waals surface area (Å²) in [6.45, 7) is 0. The molecule has 0 aliphatic carbocycles. The quantitative estimate of drug-likeness (QED) is 0.694. The Balaban J connectivity index is 1.86. The number of carbonyl (C=O) groups excluding carboxylic acids is 1. The van der Waals surface area contributed by atoms with Crippen LogP contribution < -0.4 is 14.8 Å². The molecule has 0 bridgehead atoms. The average molecular weight is 394 g/mol. The number of hydrogen-bond acceptors (Lipinski definition) is 6. The highest BCUT2D eigenvalue weighted by Crippen LogP contribution is 2.32. The Kier molecular flexibility index (Phi) is 5.29. The molecule has 1 aromatic heterocycles. The van der Waals surface area contributed by atoms with Gasteiger partial charge in [-0.2, -0.15) is 0 Å². The zero-order valence-corrected chi connectivity index (χ0v) is 15.3. The zero-order valence-electron chi connectivity index (χ0n) is 13.7. The van der Waals surface area contributed by atoms with Crippen LogP contribution in [0.2, 0.25) is 10.0 Å². The molecule has 0 aliphatic rings. The molecule has 0 atom stereocenters. The Morgan fingerprint density at radius 2 is 1.92 bits per heavy atom. The molecule has 0 saturated heterocycles. The molecule has 3 aromatic rings. The van der Waals surface area contributed by atoms with Gasteiger partial charge in [-0.25, -0.2) is 0 Å². The van der Waals surface area contributed by atoms with E-state index in [0.717, 1.165) is 0 Å². The van der Waals surface area contributed by atoms with E-state index >= 15 is 0 Å². The van der Waals surface area contributed by atoms with E-state index in [4.69, 9.17) is 37.1 Å². The van der Waals surface area contributed by atoms with Gasteiger partial charge in [0.25, 0.3) is 11.8 Å². The van der Waals surface area contributed by atoms with Crippen LogP contribution in [-0.2, 0) is 0 Å². The zero-order chi connectivity index (χ0) is 18.7. The Hall–Kier alpha value is -2.77. The van der Waals surface area contributed by atoms with Crippen molar-refractivity contribution < 1.29 is 18.7 Å². The number of aromatic nitrogens is 2. The molecular formula is C17H13Cl2N3O4. The molecule has 0 unspecified atom stereocenters. The fourth-order valence-electron chi connectivity index (χ4n) is 2.27. The maximum atomic E-state index is 12.5. The summed E-state index contributed by atoms with van der Waals surface area (Å²) in [5.41, 5.74) is 0.721. The van der Waals surface area contributed by atoms with Crippen LogP contribution in [0.5, 0.6) is 11.5 Å². The third kappa shape index (κ3) is 3.58. The number of nitrogens with zero attached hydrogens (tertiary/aromatic N) is 2. The van der Waals surface area contributed by atoms with E-state index in [2.05, 4.69) is 15.5 Å². The van der Waals surface area contributed by atoms with E-state index in [1.165, 1.54) is 14.2 Å². The van der Waals surface area contributed by atoms with Gasteiger partial charge in [0.15, 0.2) is 11.5 Å². The first-order valence-corrected chi connectivity index (χ1v) is 8.10. The normalized spacial score (nSPS) is 10.5. The predicted molar refractivity (Wildman–Crippen MR) is 97.3 cm³/mol. The lowest BCUT2D eigenvalue weighted by Gasteiger charge is -2.11. The van der Waals surface area contributed by atoms with Gasteiger partial charge in [0.05, 0.1) is 30.4 Å². The largest absolute Gasteiger partial charge is 0.493 e. The smallest absolute Gasteiger partial charge is 0.322 e. The molecule has 7 nitrogen and oxygen atoms in total. The van der Waals surface area contributed by atoms with Crippen molar-refractivity contribution >= 4 is 35.1 Å². The first-order valence-electron chi connectivity index (χ1n) is 7.34. The van der Waals surface area contributed by atoms with Crippen molar-refractivity contribution in [2.75, 3.05) is 19.5 Å². The molecule has 1 N–H and O–H groups in total. The number of carbonyl (C=O) groups is 1. The maximum absolute atomic E-state index is 12.5. The number of methoxy groups -OCH3 is 2. The van der Waals surface area contributed by atoms with Gasteiger partial charge in [0.2, 0.25) is 0 Å². The van der Waals surface area contributed by atoms with E-state index < -0.39 is 5.91 Å². The summed E-state index contributed by atoms with van der Waals surface area (Å²) < 4.78 is 15.9. The van der Waals surface area contributed by atoms with Crippen LogP contribution in [0.25, 0.3) is 11.5 Å². The second-order valence-electron chi connectivity index (χ2n) is 5.03. The van der Waals surface area contributed by atoms with Gasteiger partial charge in [-0.1, -0.05) is 34.4 Å². The molecule has 0 fully saturated rings. The van der Waals surface area contributed by atoms with Crippen molar-refractivity contribution in [3.05, 3.63) is 52.0 Å². The lowest BCUT2D eigenvalue weighted by atomic mass is 10.1. The van der Waals surface area contributed by atoms with Crippen LogP contribution in [-0.4, -0.2) is 30.3 Å². The minimum Gasteiger partial charge on any atom is -0.493 e. The highest BCUT2D eigenvalue weighted by atomic mass is 35.5. The summed E-state index contributed by atoms with van der Waals surface area (Å²) in [5.74, 6) is 0.362. The third-order valence-electron chi connectivity index (χ3n) is 3.45. The van der Waals surface area contributed by atoms with Crippen molar-refractivity contribution in [3.8, 4) is 23.0 Å². The Labute approximate surface area is 158 Å². The molecule has 1 amide bonds. The highest BCUT2D eigenvalue weighted by Gasteiger charge is 2.19. The standard InChI is InChI=1S/C17H13Cl2N3O4/c1-24-13-5-3-4-10(14(13)25-2)15(23)20-17-22-21-16(26-17)11-8-9(18)6-7-12(11)19/h3-8H,1-2H3,(H,20,22,23). The summed E-state index contributed by atoms with van der Waals surface area (Å²) in [4.78, 5) is 12.5. The van der Waals surface area contributed by atoms with Gasteiger partial charge < -0.3 is 13.9 Å². The average Bonchev–Trinajstić information content (AvgIpc) is 3.11.